The Bertz CT molecular complexity index is 795. The Hall–Kier alpha value is -2.04. The Morgan fingerprint density at radius 3 is 2.52 bits per heavy atom. The summed E-state index contributed by atoms with van der Waals surface area (Å²) in [7, 11) is 0. The van der Waals surface area contributed by atoms with E-state index in [0.717, 1.165) is 5.56 Å². The van der Waals surface area contributed by atoms with E-state index in [1.165, 1.54) is 0 Å². The Labute approximate surface area is 155 Å². The number of carbonyl (C=O) groups excluding carboxylic acids is 1. The summed E-state index contributed by atoms with van der Waals surface area (Å²) in [6.07, 6.45) is 0.689. The molecule has 1 aliphatic rings. The van der Waals surface area contributed by atoms with Crippen molar-refractivity contribution in [2.45, 2.75) is 18.3 Å². The number of hydrogen-bond donors (Lipinski definition) is 2. The summed E-state index contributed by atoms with van der Waals surface area (Å²) in [5, 5.41) is 13.1. The van der Waals surface area contributed by atoms with E-state index in [4.69, 9.17) is 23.2 Å². The van der Waals surface area contributed by atoms with Crippen LogP contribution in [0.1, 0.15) is 29.4 Å². The molecule has 1 aliphatic carbocycles. The average molecular weight is 378 g/mol. The topological polar surface area (TPSA) is 66.4 Å². The molecule has 4 nitrogen and oxygen atoms in total. The molecule has 0 radical (unpaired) electrons. The third-order valence-corrected chi connectivity index (χ3v) is 5.32. The van der Waals surface area contributed by atoms with Crippen molar-refractivity contribution in [2.75, 3.05) is 6.54 Å². The van der Waals surface area contributed by atoms with Crippen LogP contribution in [0.5, 0.6) is 0 Å². The lowest BCUT2D eigenvalue weighted by Gasteiger charge is -2.14. The van der Waals surface area contributed by atoms with Gasteiger partial charge >= 0.3 is 5.97 Å². The first-order valence-corrected chi connectivity index (χ1v) is 8.74. The van der Waals surface area contributed by atoms with Crippen molar-refractivity contribution >= 4 is 35.1 Å². The molecular formula is C19H17Cl2NO3. The first-order chi connectivity index (χ1) is 12.0. The molecule has 130 valence electrons. The minimum Gasteiger partial charge on any atom is -0.481 e. The zero-order valence-electron chi connectivity index (χ0n) is 13.3. The van der Waals surface area contributed by atoms with Gasteiger partial charge < -0.3 is 10.4 Å². The summed E-state index contributed by atoms with van der Waals surface area (Å²) < 4.78 is 0. The Morgan fingerprint density at radius 2 is 1.84 bits per heavy atom. The van der Waals surface area contributed by atoms with Gasteiger partial charge in [0.15, 0.2) is 0 Å². The van der Waals surface area contributed by atoms with E-state index in [1.54, 1.807) is 30.3 Å². The summed E-state index contributed by atoms with van der Waals surface area (Å²) in [5.74, 6) is -2.04. The number of benzene rings is 2. The molecule has 1 fully saturated rings. The van der Waals surface area contributed by atoms with Crippen LogP contribution in [0, 0.1) is 5.92 Å². The lowest BCUT2D eigenvalue weighted by Crippen LogP contribution is -2.32. The maximum atomic E-state index is 12.4. The van der Waals surface area contributed by atoms with Gasteiger partial charge in [0, 0.05) is 12.5 Å². The van der Waals surface area contributed by atoms with Crippen LogP contribution in [0.15, 0.2) is 48.5 Å². The van der Waals surface area contributed by atoms with Crippen molar-refractivity contribution < 1.29 is 14.7 Å². The zero-order chi connectivity index (χ0) is 18.0. The average Bonchev–Trinajstić information content (AvgIpc) is 3.38. The van der Waals surface area contributed by atoms with E-state index < -0.39 is 11.9 Å². The first-order valence-electron chi connectivity index (χ1n) is 7.98. The number of nitrogens with one attached hydrogen (secondary N) is 1. The van der Waals surface area contributed by atoms with E-state index in [9.17, 15) is 14.7 Å². The molecule has 3 atom stereocenters. The number of carboxylic acids is 1. The highest BCUT2D eigenvalue weighted by Crippen LogP contribution is 2.50. The molecule has 3 rings (SSSR count). The van der Waals surface area contributed by atoms with Gasteiger partial charge in [-0.05, 0) is 29.5 Å². The predicted octanol–water partition coefficient (Wildman–Crippen LogP) is 4.08. The van der Waals surface area contributed by atoms with Gasteiger partial charge in [0.25, 0.3) is 0 Å². The van der Waals surface area contributed by atoms with Crippen molar-refractivity contribution in [3.8, 4) is 0 Å². The molecule has 3 unspecified atom stereocenters. The molecule has 25 heavy (non-hydrogen) atoms. The third-order valence-electron chi connectivity index (χ3n) is 4.49. The van der Waals surface area contributed by atoms with Crippen LogP contribution < -0.4 is 5.32 Å². The van der Waals surface area contributed by atoms with Crippen molar-refractivity contribution in [3.05, 3.63) is 69.7 Å². The number of halogens is 2. The molecule has 2 aromatic rings. The minimum atomic E-state index is -0.961. The van der Waals surface area contributed by atoms with Crippen LogP contribution in [0.4, 0.5) is 0 Å². The predicted molar refractivity (Wildman–Crippen MR) is 97.1 cm³/mol. The van der Waals surface area contributed by atoms with Gasteiger partial charge in [-0.25, -0.2) is 0 Å². The van der Waals surface area contributed by atoms with Gasteiger partial charge in [-0.3, -0.25) is 9.59 Å². The van der Waals surface area contributed by atoms with Crippen molar-refractivity contribution in [1.82, 2.24) is 5.32 Å². The Balaban J connectivity index is 1.62. The zero-order valence-corrected chi connectivity index (χ0v) is 14.8. The minimum absolute atomic E-state index is 0.0335. The van der Waals surface area contributed by atoms with Gasteiger partial charge in [-0.1, -0.05) is 65.7 Å². The third kappa shape index (κ3) is 3.97. The summed E-state index contributed by atoms with van der Waals surface area (Å²) >= 11 is 12.2. The second-order valence-electron chi connectivity index (χ2n) is 6.14. The number of carbonyl (C=O) groups is 2. The van der Waals surface area contributed by atoms with Gasteiger partial charge in [-0.15, -0.1) is 0 Å². The number of aliphatic carboxylic acids is 1. The lowest BCUT2D eigenvalue weighted by atomic mass is 9.99. The van der Waals surface area contributed by atoms with Crippen molar-refractivity contribution in [2.24, 2.45) is 5.92 Å². The quantitative estimate of drug-likeness (QED) is 0.796. The van der Waals surface area contributed by atoms with E-state index >= 15 is 0 Å². The molecule has 6 heteroatoms. The number of hydrogen-bond acceptors (Lipinski definition) is 2. The fourth-order valence-corrected chi connectivity index (χ4v) is 3.45. The fourth-order valence-electron chi connectivity index (χ4n) is 3.00. The molecule has 0 aromatic heterocycles. The normalized spacial score (nSPS) is 19.9. The maximum absolute atomic E-state index is 12.4. The van der Waals surface area contributed by atoms with Crippen LogP contribution >= 0.6 is 23.2 Å². The molecule has 0 heterocycles. The molecule has 0 spiro atoms. The van der Waals surface area contributed by atoms with Crippen LogP contribution in [0.2, 0.25) is 10.0 Å². The largest absolute Gasteiger partial charge is 0.481 e. The van der Waals surface area contributed by atoms with E-state index in [0.29, 0.717) is 22.0 Å². The molecule has 2 N–H and O–H groups in total. The van der Waals surface area contributed by atoms with Crippen LogP contribution in [0.25, 0.3) is 0 Å². The molecule has 1 amide bonds. The molecule has 0 aliphatic heterocycles. The number of rotatable bonds is 6. The molecule has 2 aromatic carbocycles. The smallest absolute Gasteiger partial charge is 0.312 e. The van der Waals surface area contributed by atoms with Gasteiger partial charge in [-0.2, -0.15) is 0 Å². The first kappa shape index (κ1) is 17.8. The number of amides is 1. The van der Waals surface area contributed by atoms with Gasteiger partial charge in [0.2, 0.25) is 5.91 Å². The summed E-state index contributed by atoms with van der Waals surface area (Å²) in [6, 6.07) is 14.3. The molecule has 0 bridgehead atoms. The van der Waals surface area contributed by atoms with Crippen LogP contribution in [0.3, 0.4) is 0 Å². The van der Waals surface area contributed by atoms with Crippen LogP contribution in [-0.4, -0.2) is 23.5 Å². The van der Waals surface area contributed by atoms with E-state index in [-0.39, 0.29) is 24.3 Å². The van der Waals surface area contributed by atoms with E-state index in [1.807, 2.05) is 18.2 Å². The molecule has 0 saturated heterocycles. The highest BCUT2D eigenvalue weighted by Gasteiger charge is 2.45. The second kappa shape index (κ2) is 7.46. The standard InChI is InChI=1S/C19H17Cl2NO3/c20-16-8-4-7-12(17(16)21)13-9-14(13)18(23)22-10-15(19(24)25)11-5-2-1-3-6-11/h1-8,13-15H,9-10H2,(H,22,23)(H,24,25). The molecular weight excluding hydrogens is 361 g/mol. The fraction of sp³-hybridized carbons (Fsp3) is 0.263. The highest BCUT2D eigenvalue weighted by atomic mass is 35.5. The van der Waals surface area contributed by atoms with Crippen molar-refractivity contribution in [3.63, 3.8) is 0 Å². The number of carboxylic acid groups (broad SMARTS) is 1. The molecule has 1 saturated carbocycles. The highest BCUT2D eigenvalue weighted by molar-refractivity contribution is 6.42. The monoisotopic (exact) mass is 377 g/mol. The second-order valence-corrected chi connectivity index (χ2v) is 6.92. The van der Waals surface area contributed by atoms with Gasteiger partial charge in [0.05, 0.1) is 16.0 Å². The van der Waals surface area contributed by atoms with E-state index in [2.05, 4.69) is 5.32 Å². The lowest BCUT2D eigenvalue weighted by molar-refractivity contribution is -0.138. The SMILES string of the molecule is O=C(O)C(CNC(=O)C1CC1c1cccc(Cl)c1Cl)c1ccccc1. The Morgan fingerprint density at radius 1 is 1.12 bits per heavy atom. The van der Waals surface area contributed by atoms with Crippen molar-refractivity contribution in [1.29, 1.82) is 0 Å². The maximum Gasteiger partial charge on any atom is 0.312 e. The summed E-state index contributed by atoms with van der Waals surface area (Å²) in [6.45, 7) is 0.0602. The van der Waals surface area contributed by atoms with Gasteiger partial charge in [0.1, 0.15) is 0 Å². The Kier molecular flexibility index (Phi) is 5.30. The van der Waals surface area contributed by atoms with Crippen LogP contribution in [-0.2, 0) is 9.59 Å². The summed E-state index contributed by atoms with van der Waals surface area (Å²) in [5.41, 5.74) is 1.53. The summed E-state index contributed by atoms with van der Waals surface area (Å²) in [4.78, 5) is 23.8.